The number of amides is 1. The predicted octanol–water partition coefficient (Wildman–Crippen LogP) is 5.36. The molecule has 4 rings (SSSR count). The highest BCUT2D eigenvalue weighted by molar-refractivity contribution is 6.37. The van der Waals surface area contributed by atoms with Crippen molar-refractivity contribution in [3.05, 3.63) is 93.0 Å². The number of hydrogen-bond donors (Lipinski definition) is 1. The van der Waals surface area contributed by atoms with Crippen LogP contribution >= 0.6 is 23.2 Å². The van der Waals surface area contributed by atoms with Crippen LogP contribution in [0.4, 0.5) is 5.69 Å². The van der Waals surface area contributed by atoms with Crippen LogP contribution in [0.5, 0.6) is 5.75 Å². The van der Waals surface area contributed by atoms with Crippen LogP contribution in [0, 0.1) is 0 Å². The predicted molar refractivity (Wildman–Crippen MR) is 116 cm³/mol. The van der Waals surface area contributed by atoms with Crippen molar-refractivity contribution in [2.75, 3.05) is 4.90 Å². The second kappa shape index (κ2) is 8.38. The maximum absolute atomic E-state index is 13.1. The minimum absolute atomic E-state index is 0.141. The van der Waals surface area contributed by atoms with Crippen molar-refractivity contribution < 1.29 is 19.4 Å². The molecule has 1 amide bonds. The molecule has 3 aromatic carbocycles. The summed E-state index contributed by atoms with van der Waals surface area (Å²) < 4.78 is 5.98. The van der Waals surface area contributed by atoms with Gasteiger partial charge in [-0.05, 0) is 35.4 Å². The van der Waals surface area contributed by atoms with Crippen LogP contribution in [-0.2, 0) is 24.4 Å². The first-order chi connectivity index (χ1) is 14.4. The molecule has 0 saturated carbocycles. The molecule has 1 aliphatic rings. The minimum Gasteiger partial charge on any atom is -0.489 e. The zero-order valence-corrected chi connectivity index (χ0v) is 17.3. The summed E-state index contributed by atoms with van der Waals surface area (Å²) in [7, 11) is 0. The molecule has 1 N–H and O–H groups in total. The van der Waals surface area contributed by atoms with Crippen molar-refractivity contribution >= 4 is 40.8 Å². The van der Waals surface area contributed by atoms with Gasteiger partial charge < -0.3 is 14.7 Å². The third-order valence-electron chi connectivity index (χ3n) is 4.89. The number of rotatable bonds is 6. The van der Waals surface area contributed by atoms with Crippen molar-refractivity contribution in [3.8, 4) is 5.75 Å². The number of carbonyl (C=O) groups excluding carboxylic acids is 1. The topological polar surface area (TPSA) is 66.8 Å². The van der Waals surface area contributed by atoms with Crippen molar-refractivity contribution in [3.63, 3.8) is 0 Å². The molecule has 30 heavy (non-hydrogen) atoms. The number of carboxylic acid groups (broad SMARTS) is 1. The number of hydrogen-bond acceptors (Lipinski definition) is 3. The minimum atomic E-state index is -0.949. The largest absolute Gasteiger partial charge is 0.489 e. The Kier molecular flexibility index (Phi) is 5.66. The van der Waals surface area contributed by atoms with E-state index in [0.29, 0.717) is 44.8 Å². The molecule has 0 radical (unpaired) electrons. The summed E-state index contributed by atoms with van der Waals surface area (Å²) in [6, 6.07) is 18.0. The van der Waals surface area contributed by atoms with Crippen molar-refractivity contribution in [1.29, 1.82) is 0 Å². The van der Waals surface area contributed by atoms with Gasteiger partial charge in [0, 0.05) is 5.56 Å². The van der Waals surface area contributed by atoms with E-state index in [-0.39, 0.29) is 18.9 Å². The van der Waals surface area contributed by atoms with Gasteiger partial charge >= 0.3 is 5.97 Å². The molecule has 1 aliphatic heterocycles. The summed E-state index contributed by atoms with van der Waals surface area (Å²) in [4.78, 5) is 25.5. The normalized spacial score (nSPS) is 12.7. The highest BCUT2D eigenvalue weighted by Gasteiger charge is 2.34. The number of halogens is 2. The quantitative estimate of drug-likeness (QED) is 0.558. The summed E-state index contributed by atoms with van der Waals surface area (Å²) in [6.07, 6.45) is -0.141. The molecule has 152 valence electrons. The monoisotopic (exact) mass is 441 g/mol. The van der Waals surface area contributed by atoms with Crippen molar-refractivity contribution in [1.82, 2.24) is 0 Å². The molecule has 0 saturated heterocycles. The van der Waals surface area contributed by atoms with Crippen LogP contribution < -0.4 is 9.64 Å². The molecular weight excluding hydrogens is 425 g/mol. The van der Waals surface area contributed by atoms with E-state index in [9.17, 15) is 9.59 Å². The first-order valence-electron chi connectivity index (χ1n) is 9.24. The summed E-state index contributed by atoms with van der Waals surface area (Å²) >= 11 is 12.7. The Balaban J connectivity index is 1.62. The summed E-state index contributed by atoms with van der Waals surface area (Å²) in [6.45, 7) is 0.630. The summed E-state index contributed by atoms with van der Waals surface area (Å²) in [5.41, 5.74) is 3.17. The van der Waals surface area contributed by atoms with E-state index >= 15 is 0 Å². The average Bonchev–Trinajstić information content (AvgIpc) is 3.06. The Hall–Kier alpha value is -3.02. The molecular formula is C23H17Cl2NO4. The summed E-state index contributed by atoms with van der Waals surface area (Å²) in [5.74, 6) is -0.628. The van der Waals surface area contributed by atoms with Crippen LogP contribution in [0.2, 0.25) is 10.0 Å². The average molecular weight is 442 g/mol. The van der Waals surface area contributed by atoms with Gasteiger partial charge in [-0.15, -0.1) is 0 Å². The van der Waals surface area contributed by atoms with Crippen LogP contribution in [0.25, 0.3) is 0 Å². The number of carboxylic acids is 1. The van der Waals surface area contributed by atoms with E-state index in [0.717, 1.165) is 5.56 Å². The van der Waals surface area contributed by atoms with Crippen LogP contribution in [-0.4, -0.2) is 17.0 Å². The third kappa shape index (κ3) is 3.99. The van der Waals surface area contributed by atoms with Gasteiger partial charge in [-0.1, -0.05) is 59.6 Å². The Morgan fingerprint density at radius 1 is 1.00 bits per heavy atom. The number of carbonyl (C=O) groups is 2. The van der Waals surface area contributed by atoms with Crippen LogP contribution in [0.3, 0.4) is 0 Å². The highest BCUT2D eigenvalue weighted by atomic mass is 35.5. The fourth-order valence-corrected chi connectivity index (χ4v) is 4.04. The van der Waals surface area contributed by atoms with Crippen LogP contribution in [0.15, 0.2) is 60.7 Å². The van der Waals surface area contributed by atoms with Crippen molar-refractivity contribution in [2.45, 2.75) is 19.6 Å². The fourth-order valence-electron chi connectivity index (χ4n) is 3.47. The lowest BCUT2D eigenvalue weighted by Gasteiger charge is -2.18. The zero-order chi connectivity index (χ0) is 21.3. The number of anilines is 1. The van der Waals surface area contributed by atoms with Gasteiger partial charge in [0.05, 0.1) is 34.3 Å². The second-order valence-corrected chi connectivity index (χ2v) is 7.74. The summed E-state index contributed by atoms with van der Waals surface area (Å²) in [5, 5.41) is 9.61. The molecule has 5 nitrogen and oxygen atoms in total. The van der Waals surface area contributed by atoms with E-state index in [1.807, 2.05) is 30.3 Å². The number of nitrogens with zero attached hydrogens (tertiary/aromatic N) is 1. The second-order valence-electron chi connectivity index (χ2n) is 6.92. The smallest absolute Gasteiger partial charge is 0.307 e. The number of aliphatic carboxylic acids is 1. The lowest BCUT2D eigenvalue weighted by atomic mass is 10.1. The van der Waals surface area contributed by atoms with Crippen LogP contribution in [0.1, 0.15) is 27.0 Å². The molecule has 0 bridgehead atoms. The van der Waals surface area contributed by atoms with E-state index in [1.54, 1.807) is 30.3 Å². The standard InChI is InChI=1S/C23H17Cl2NO4/c24-17-7-9-20(30-13-14-4-2-1-3-5-14)16-12-26(23(29)22(16)17)19-8-6-15(10-18(19)25)11-21(27)28/h1-10H,11-13H2,(H,27,28). The van der Waals surface area contributed by atoms with Gasteiger partial charge in [0.1, 0.15) is 12.4 Å². The first kappa shape index (κ1) is 20.3. The Labute approximate surface area is 183 Å². The lowest BCUT2D eigenvalue weighted by molar-refractivity contribution is -0.136. The molecule has 3 aromatic rings. The molecule has 0 aliphatic carbocycles. The Bertz CT molecular complexity index is 1130. The van der Waals surface area contributed by atoms with Gasteiger partial charge in [0.2, 0.25) is 0 Å². The fraction of sp³-hybridized carbons (Fsp3) is 0.130. The maximum Gasteiger partial charge on any atom is 0.307 e. The van der Waals surface area contributed by atoms with Gasteiger partial charge in [-0.2, -0.15) is 0 Å². The third-order valence-corrected chi connectivity index (χ3v) is 5.51. The lowest BCUT2D eigenvalue weighted by Crippen LogP contribution is -2.23. The molecule has 0 spiro atoms. The van der Waals surface area contributed by atoms with Gasteiger partial charge in [0.25, 0.3) is 5.91 Å². The number of ether oxygens (including phenoxy) is 1. The molecule has 0 unspecified atom stereocenters. The van der Waals surface area contributed by atoms with Gasteiger partial charge in [0.15, 0.2) is 0 Å². The maximum atomic E-state index is 13.1. The first-order valence-corrected chi connectivity index (χ1v) is 10.00. The van der Waals surface area contributed by atoms with E-state index in [1.165, 1.54) is 4.90 Å². The molecule has 0 atom stereocenters. The Morgan fingerprint density at radius 3 is 2.47 bits per heavy atom. The van der Waals surface area contributed by atoms with E-state index in [4.69, 9.17) is 33.0 Å². The Morgan fingerprint density at radius 2 is 1.77 bits per heavy atom. The van der Waals surface area contributed by atoms with E-state index in [2.05, 4.69) is 0 Å². The number of benzene rings is 3. The molecule has 0 aromatic heterocycles. The van der Waals surface area contributed by atoms with Gasteiger partial charge in [-0.25, -0.2) is 0 Å². The number of fused-ring (bicyclic) bond motifs is 1. The van der Waals surface area contributed by atoms with Gasteiger partial charge in [-0.3, -0.25) is 9.59 Å². The molecule has 7 heteroatoms. The zero-order valence-electron chi connectivity index (χ0n) is 15.8. The van der Waals surface area contributed by atoms with E-state index < -0.39 is 5.97 Å². The molecule has 1 heterocycles. The SMILES string of the molecule is O=C(O)Cc1ccc(N2Cc3c(OCc4ccccc4)ccc(Cl)c3C2=O)c(Cl)c1. The highest BCUT2D eigenvalue weighted by Crippen LogP contribution is 2.40. The van der Waals surface area contributed by atoms with Crippen molar-refractivity contribution in [2.24, 2.45) is 0 Å². The molecule has 0 fully saturated rings.